The smallest absolute Gasteiger partial charge is 0.255 e. The molecule has 0 spiro atoms. The van der Waals surface area contributed by atoms with Gasteiger partial charge in [0.15, 0.2) is 11.5 Å². The highest BCUT2D eigenvalue weighted by atomic mass is 19.1. The Morgan fingerprint density at radius 3 is 2.90 bits per heavy atom. The lowest BCUT2D eigenvalue weighted by molar-refractivity contribution is 0.0938. The fraction of sp³-hybridized carbons (Fsp3) is 0.522. The fourth-order valence-corrected chi connectivity index (χ4v) is 3.52. The molecule has 1 N–H and O–H groups in total. The molecule has 2 rings (SSSR count). The van der Waals surface area contributed by atoms with Gasteiger partial charge >= 0.3 is 0 Å². The summed E-state index contributed by atoms with van der Waals surface area (Å²) < 4.78 is 23.0. The van der Waals surface area contributed by atoms with Crippen LogP contribution in [0.1, 0.15) is 48.0 Å². The van der Waals surface area contributed by atoms with Gasteiger partial charge in [-0.25, -0.2) is 0 Å². The molecule has 1 fully saturated rings. The minimum absolute atomic E-state index is 0.216. The molecule has 1 heterocycles. The molecule has 0 unspecified atom stereocenters. The standard InChI is InChI=1S/C23H31FN2O3/c1-4-13-26-14-9-11-19(26)17-25-23(27)20-15-18(10-7-5-6-8-12-24)16-21(28-2)22(20)29-3/h4,15-16,19H,1,5-6,8-9,11-14,17H2,2-3H3,(H,25,27)/t19-/m0/s1. The Morgan fingerprint density at radius 1 is 1.38 bits per heavy atom. The summed E-state index contributed by atoms with van der Waals surface area (Å²) in [6.07, 6.45) is 5.91. The van der Waals surface area contributed by atoms with E-state index in [4.69, 9.17) is 9.47 Å². The van der Waals surface area contributed by atoms with Crippen molar-refractivity contribution in [2.75, 3.05) is 40.5 Å². The predicted octanol–water partition coefficient (Wildman–Crippen LogP) is 3.58. The number of carbonyl (C=O) groups excluding carboxylic acids is 1. The van der Waals surface area contributed by atoms with Gasteiger partial charge in [0.1, 0.15) is 0 Å². The maximum Gasteiger partial charge on any atom is 0.255 e. The molecule has 0 radical (unpaired) electrons. The molecule has 1 aromatic carbocycles. The van der Waals surface area contributed by atoms with Crippen molar-refractivity contribution in [3.8, 4) is 23.3 Å². The molecule has 0 aromatic heterocycles. The van der Waals surface area contributed by atoms with Gasteiger partial charge in [0.2, 0.25) is 0 Å². The average molecular weight is 403 g/mol. The van der Waals surface area contributed by atoms with Crippen LogP contribution in [0.3, 0.4) is 0 Å². The summed E-state index contributed by atoms with van der Waals surface area (Å²) in [5, 5.41) is 3.03. The van der Waals surface area contributed by atoms with Crippen LogP contribution in [0.5, 0.6) is 11.5 Å². The average Bonchev–Trinajstić information content (AvgIpc) is 3.18. The van der Waals surface area contributed by atoms with Gasteiger partial charge in [-0.15, -0.1) is 6.58 Å². The predicted molar refractivity (Wildman–Crippen MR) is 113 cm³/mol. The molecular weight excluding hydrogens is 371 g/mol. The van der Waals surface area contributed by atoms with Crippen molar-refractivity contribution < 1.29 is 18.7 Å². The number of nitrogens with one attached hydrogen (secondary N) is 1. The molecule has 0 saturated carbocycles. The summed E-state index contributed by atoms with van der Waals surface area (Å²) in [7, 11) is 3.05. The molecule has 0 aliphatic carbocycles. The number of nitrogens with zero attached hydrogens (tertiary/aromatic N) is 1. The summed E-state index contributed by atoms with van der Waals surface area (Å²) in [5.74, 6) is 6.70. The number of ether oxygens (including phenoxy) is 2. The Balaban J connectivity index is 2.14. The largest absolute Gasteiger partial charge is 0.493 e. The fourth-order valence-electron chi connectivity index (χ4n) is 3.52. The van der Waals surface area contributed by atoms with Crippen LogP contribution < -0.4 is 14.8 Å². The number of likely N-dealkylation sites (tertiary alicyclic amines) is 1. The number of amides is 1. The van der Waals surface area contributed by atoms with Crippen molar-refractivity contribution in [2.24, 2.45) is 0 Å². The van der Waals surface area contributed by atoms with E-state index < -0.39 is 0 Å². The van der Waals surface area contributed by atoms with Crippen molar-refractivity contribution in [1.82, 2.24) is 10.2 Å². The molecule has 1 aromatic rings. The van der Waals surface area contributed by atoms with Crippen LogP contribution in [0, 0.1) is 11.8 Å². The third kappa shape index (κ3) is 6.50. The first-order chi connectivity index (χ1) is 14.1. The number of hydrogen-bond acceptors (Lipinski definition) is 4. The van der Waals surface area contributed by atoms with Gasteiger partial charge in [0.05, 0.1) is 26.5 Å². The molecule has 29 heavy (non-hydrogen) atoms. The molecular formula is C23H31FN2O3. The Bertz CT molecular complexity index is 754. The number of alkyl halides is 1. The maximum atomic E-state index is 12.9. The van der Waals surface area contributed by atoms with Crippen molar-refractivity contribution in [3.05, 3.63) is 35.9 Å². The first-order valence-corrected chi connectivity index (χ1v) is 10.1. The number of rotatable bonds is 10. The van der Waals surface area contributed by atoms with E-state index in [1.165, 1.54) is 14.2 Å². The van der Waals surface area contributed by atoms with Gasteiger partial charge in [-0.05, 0) is 44.4 Å². The van der Waals surface area contributed by atoms with E-state index in [9.17, 15) is 9.18 Å². The second kappa shape index (κ2) is 12.1. The molecule has 0 bridgehead atoms. The summed E-state index contributed by atoms with van der Waals surface area (Å²) in [4.78, 5) is 15.2. The van der Waals surface area contributed by atoms with Gasteiger partial charge in [-0.1, -0.05) is 17.9 Å². The number of carbonyl (C=O) groups is 1. The van der Waals surface area contributed by atoms with Gasteiger partial charge in [-0.2, -0.15) is 0 Å². The van der Waals surface area contributed by atoms with Crippen LogP contribution >= 0.6 is 0 Å². The number of halogens is 1. The van der Waals surface area contributed by atoms with E-state index in [-0.39, 0.29) is 12.6 Å². The normalized spacial score (nSPS) is 16.0. The molecule has 6 heteroatoms. The number of hydrogen-bond donors (Lipinski definition) is 1. The zero-order valence-corrected chi connectivity index (χ0v) is 17.4. The van der Waals surface area contributed by atoms with Crippen LogP contribution in [-0.2, 0) is 0 Å². The highest BCUT2D eigenvalue weighted by Gasteiger charge is 2.25. The maximum absolute atomic E-state index is 12.9. The lowest BCUT2D eigenvalue weighted by Crippen LogP contribution is -2.40. The van der Waals surface area contributed by atoms with Gasteiger partial charge in [-0.3, -0.25) is 14.1 Å². The van der Waals surface area contributed by atoms with Crippen molar-refractivity contribution in [1.29, 1.82) is 0 Å². The first-order valence-electron chi connectivity index (χ1n) is 10.1. The lowest BCUT2D eigenvalue weighted by Gasteiger charge is -2.23. The third-order valence-electron chi connectivity index (χ3n) is 5.00. The number of benzene rings is 1. The second-order valence-electron chi connectivity index (χ2n) is 7.00. The highest BCUT2D eigenvalue weighted by molar-refractivity contribution is 5.98. The number of unbranched alkanes of at least 4 members (excludes halogenated alkanes) is 2. The third-order valence-corrected chi connectivity index (χ3v) is 5.00. The molecule has 1 saturated heterocycles. The van der Waals surface area contributed by atoms with Gasteiger partial charge in [0, 0.05) is 31.1 Å². The quantitative estimate of drug-likeness (QED) is 0.369. The van der Waals surface area contributed by atoms with Crippen LogP contribution in [0.15, 0.2) is 24.8 Å². The minimum atomic E-state index is -0.326. The monoisotopic (exact) mass is 402 g/mol. The Labute approximate surface area is 173 Å². The van der Waals surface area contributed by atoms with E-state index in [1.807, 2.05) is 6.08 Å². The van der Waals surface area contributed by atoms with E-state index in [0.717, 1.165) is 25.9 Å². The lowest BCUT2D eigenvalue weighted by atomic mass is 10.1. The van der Waals surface area contributed by atoms with Crippen molar-refractivity contribution in [2.45, 2.75) is 38.1 Å². The molecule has 1 aliphatic heterocycles. The molecule has 1 aliphatic rings. The van der Waals surface area contributed by atoms with Crippen LogP contribution in [0.25, 0.3) is 0 Å². The van der Waals surface area contributed by atoms with Gasteiger partial charge < -0.3 is 14.8 Å². The second-order valence-corrected chi connectivity index (χ2v) is 7.00. The Morgan fingerprint density at radius 2 is 2.21 bits per heavy atom. The highest BCUT2D eigenvalue weighted by Crippen LogP contribution is 2.32. The molecule has 5 nitrogen and oxygen atoms in total. The zero-order valence-electron chi connectivity index (χ0n) is 17.4. The zero-order chi connectivity index (χ0) is 21.1. The van der Waals surface area contributed by atoms with Crippen molar-refractivity contribution >= 4 is 5.91 Å². The SMILES string of the molecule is C=CCN1CCC[C@H]1CNC(=O)c1cc(C#CCCCCF)cc(OC)c1OC. The summed E-state index contributed by atoms with van der Waals surface area (Å²) in [6.45, 7) is 5.89. The molecule has 158 valence electrons. The molecule has 1 atom stereocenters. The summed E-state index contributed by atoms with van der Waals surface area (Å²) in [6, 6.07) is 3.78. The Kier molecular flexibility index (Phi) is 9.52. The summed E-state index contributed by atoms with van der Waals surface area (Å²) >= 11 is 0. The van der Waals surface area contributed by atoms with Crippen LogP contribution in [0.4, 0.5) is 4.39 Å². The molecule has 1 amide bonds. The Hall–Kier alpha value is -2.52. The number of methoxy groups -OCH3 is 2. The van der Waals surface area contributed by atoms with E-state index in [2.05, 4.69) is 28.6 Å². The topological polar surface area (TPSA) is 50.8 Å². The first kappa shape index (κ1) is 22.8. The van der Waals surface area contributed by atoms with E-state index >= 15 is 0 Å². The van der Waals surface area contributed by atoms with Gasteiger partial charge in [0.25, 0.3) is 5.91 Å². The van der Waals surface area contributed by atoms with E-state index in [0.29, 0.717) is 54.5 Å². The van der Waals surface area contributed by atoms with Crippen LogP contribution in [0.2, 0.25) is 0 Å². The van der Waals surface area contributed by atoms with Crippen LogP contribution in [-0.4, -0.2) is 57.4 Å². The van der Waals surface area contributed by atoms with Crippen molar-refractivity contribution in [3.63, 3.8) is 0 Å². The minimum Gasteiger partial charge on any atom is -0.493 e. The summed E-state index contributed by atoms with van der Waals surface area (Å²) in [5.41, 5.74) is 1.07. The van der Waals surface area contributed by atoms with E-state index in [1.54, 1.807) is 12.1 Å².